The second-order valence-electron chi connectivity index (χ2n) is 5.44. The molecule has 0 radical (unpaired) electrons. The van der Waals surface area contributed by atoms with E-state index in [1.165, 1.54) is 24.3 Å². The number of rotatable bonds is 5. The van der Waals surface area contributed by atoms with Crippen LogP contribution in [0.1, 0.15) is 24.5 Å². The fraction of sp³-hybridized carbons (Fsp3) is 0.235. The third-order valence-electron chi connectivity index (χ3n) is 3.42. The largest absolute Gasteiger partial charge is 0.476 e. The van der Waals surface area contributed by atoms with E-state index in [4.69, 9.17) is 27.9 Å². The third-order valence-corrected chi connectivity index (χ3v) is 3.86. The third kappa shape index (κ3) is 4.36. The van der Waals surface area contributed by atoms with Gasteiger partial charge in [-0.1, -0.05) is 35.3 Å². The Bertz CT molecular complexity index is 697. The molecule has 0 spiro atoms. The van der Waals surface area contributed by atoms with Crippen LogP contribution in [0.15, 0.2) is 42.5 Å². The van der Waals surface area contributed by atoms with Crippen LogP contribution in [0.4, 0.5) is 4.39 Å². The van der Waals surface area contributed by atoms with E-state index in [1.54, 1.807) is 18.2 Å². The Morgan fingerprint density at radius 3 is 2.30 bits per heavy atom. The lowest BCUT2D eigenvalue weighted by atomic mass is 10.1. The Morgan fingerprint density at radius 2 is 1.74 bits per heavy atom. The number of carbonyl (C=O) groups excluding carboxylic acids is 1. The Labute approximate surface area is 143 Å². The van der Waals surface area contributed by atoms with Gasteiger partial charge in [-0.05, 0) is 43.2 Å². The molecule has 1 unspecified atom stereocenters. The normalized spacial score (nSPS) is 15.1. The minimum Gasteiger partial charge on any atom is -0.476 e. The summed E-state index contributed by atoms with van der Waals surface area (Å²) in [5.74, 6) is -0.265. The highest BCUT2D eigenvalue weighted by atomic mass is 35.5. The van der Waals surface area contributed by atoms with Crippen molar-refractivity contribution in [3.63, 3.8) is 0 Å². The summed E-state index contributed by atoms with van der Waals surface area (Å²) < 4.78 is 18.9. The molecule has 23 heavy (non-hydrogen) atoms. The van der Waals surface area contributed by atoms with Crippen molar-refractivity contribution in [1.82, 2.24) is 5.32 Å². The van der Waals surface area contributed by atoms with Crippen LogP contribution in [0.3, 0.4) is 0 Å². The molecule has 6 heteroatoms. The molecule has 0 bridgehead atoms. The summed E-state index contributed by atoms with van der Waals surface area (Å²) in [6.07, 6.45) is 1.03. The Kier molecular flexibility index (Phi) is 4.74. The molecule has 1 atom stereocenters. The molecule has 0 saturated heterocycles. The second-order valence-corrected chi connectivity index (χ2v) is 6.31. The molecule has 2 aromatic carbocycles. The molecule has 1 amide bonds. The number of carbonyl (C=O) groups is 1. The quantitative estimate of drug-likeness (QED) is 0.857. The molecule has 1 aliphatic carbocycles. The summed E-state index contributed by atoms with van der Waals surface area (Å²) >= 11 is 11.9. The van der Waals surface area contributed by atoms with Crippen molar-refractivity contribution >= 4 is 29.1 Å². The zero-order valence-electron chi connectivity index (χ0n) is 12.1. The van der Waals surface area contributed by atoms with Gasteiger partial charge in [0.05, 0.1) is 0 Å². The first kappa shape index (κ1) is 16.1. The second kappa shape index (κ2) is 6.77. The van der Waals surface area contributed by atoms with Crippen LogP contribution in [-0.2, 0) is 4.79 Å². The van der Waals surface area contributed by atoms with Crippen LogP contribution in [0.2, 0.25) is 10.0 Å². The van der Waals surface area contributed by atoms with Gasteiger partial charge in [0.2, 0.25) is 6.10 Å². The van der Waals surface area contributed by atoms with Gasteiger partial charge in [0.15, 0.2) is 0 Å². The lowest BCUT2D eigenvalue weighted by molar-refractivity contribution is -0.128. The van der Waals surface area contributed by atoms with E-state index < -0.39 is 6.10 Å². The molecule has 1 aliphatic rings. The van der Waals surface area contributed by atoms with Crippen LogP contribution in [0.5, 0.6) is 5.75 Å². The first-order chi connectivity index (χ1) is 11.0. The van der Waals surface area contributed by atoms with Crippen molar-refractivity contribution in [2.75, 3.05) is 0 Å². The summed E-state index contributed by atoms with van der Waals surface area (Å²) in [5, 5.41) is 3.71. The zero-order valence-corrected chi connectivity index (χ0v) is 13.6. The maximum Gasteiger partial charge on any atom is 0.266 e. The minimum absolute atomic E-state index is 0.192. The van der Waals surface area contributed by atoms with Crippen molar-refractivity contribution in [3.05, 3.63) is 63.9 Å². The van der Waals surface area contributed by atoms with E-state index >= 15 is 0 Å². The monoisotopic (exact) mass is 353 g/mol. The van der Waals surface area contributed by atoms with Crippen LogP contribution in [0.25, 0.3) is 0 Å². The molecule has 3 nitrogen and oxygen atoms in total. The molecule has 1 saturated carbocycles. The number of hydrogen-bond donors (Lipinski definition) is 1. The molecule has 120 valence electrons. The van der Waals surface area contributed by atoms with E-state index in [0.29, 0.717) is 21.4 Å². The molecule has 0 heterocycles. The van der Waals surface area contributed by atoms with Gasteiger partial charge in [-0.2, -0.15) is 0 Å². The lowest BCUT2D eigenvalue weighted by Crippen LogP contribution is -2.33. The van der Waals surface area contributed by atoms with E-state index in [-0.39, 0.29) is 17.8 Å². The molecule has 1 fully saturated rings. The molecule has 3 rings (SSSR count). The molecule has 0 aromatic heterocycles. The number of benzene rings is 2. The number of nitrogens with one attached hydrogen (secondary N) is 1. The number of amides is 1. The van der Waals surface area contributed by atoms with E-state index in [0.717, 1.165) is 12.8 Å². The number of ether oxygens (including phenoxy) is 1. The van der Waals surface area contributed by atoms with Gasteiger partial charge in [0.1, 0.15) is 11.6 Å². The van der Waals surface area contributed by atoms with Gasteiger partial charge in [-0.25, -0.2) is 4.39 Å². The van der Waals surface area contributed by atoms with Gasteiger partial charge in [-0.15, -0.1) is 0 Å². The van der Waals surface area contributed by atoms with Crippen molar-refractivity contribution in [3.8, 4) is 5.75 Å². The van der Waals surface area contributed by atoms with Gasteiger partial charge in [-0.3, -0.25) is 4.79 Å². The SMILES string of the molecule is O=C(NC1CC1)C(Oc1cc(Cl)cc(Cl)c1)c1ccc(F)cc1. The van der Waals surface area contributed by atoms with E-state index in [1.807, 2.05) is 0 Å². The maximum atomic E-state index is 13.1. The van der Waals surface area contributed by atoms with Crippen molar-refractivity contribution in [2.24, 2.45) is 0 Å². The lowest BCUT2D eigenvalue weighted by Gasteiger charge is -2.19. The average Bonchev–Trinajstić information content (AvgIpc) is 3.29. The Hall–Kier alpha value is -1.78. The van der Waals surface area contributed by atoms with Crippen molar-refractivity contribution in [2.45, 2.75) is 25.0 Å². The van der Waals surface area contributed by atoms with Crippen LogP contribution >= 0.6 is 23.2 Å². The topological polar surface area (TPSA) is 38.3 Å². The Balaban J connectivity index is 1.87. The summed E-state index contributed by atoms with van der Waals surface area (Å²) in [6.45, 7) is 0. The highest BCUT2D eigenvalue weighted by molar-refractivity contribution is 6.34. The van der Waals surface area contributed by atoms with Crippen LogP contribution < -0.4 is 10.1 Å². The molecular weight excluding hydrogens is 340 g/mol. The molecule has 1 N–H and O–H groups in total. The summed E-state index contributed by atoms with van der Waals surface area (Å²) in [5.41, 5.74) is 0.556. The van der Waals surface area contributed by atoms with Crippen LogP contribution in [0, 0.1) is 5.82 Å². The van der Waals surface area contributed by atoms with Crippen molar-refractivity contribution in [1.29, 1.82) is 0 Å². The number of hydrogen-bond acceptors (Lipinski definition) is 2. The van der Waals surface area contributed by atoms with Gasteiger partial charge in [0.25, 0.3) is 5.91 Å². The minimum atomic E-state index is -0.897. The van der Waals surface area contributed by atoms with Crippen molar-refractivity contribution < 1.29 is 13.9 Å². The van der Waals surface area contributed by atoms with Gasteiger partial charge < -0.3 is 10.1 Å². The zero-order chi connectivity index (χ0) is 16.4. The summed E-state index contributed by atoms with van der Waals surface area (Å²) in [7, 11) is 0. The van der Waals surface area contributed by atoms with Crippen LogP contribution in [-0.4, -0.2) is 11.9 Å². The first-order valence-corrected chi connectivity index (χ1v) is 7.95. The molecule has 0 aliphatic heterocycles. The summed E-state index contributed by atoms with van der Waals surface area (Å²) in [6, 6.07) is 10.6. The fourth-order valence-electron chi connectivity index (χ4n) is 2.15. The molecule has 2 aromatic rings. The predicted molar refractivity (Wildman–Crippen MR) is 87.4 cm³/mol. The standard InChI is InChI=1S/C17H14Cl2FNO2/c18-11-7-12(19)9-15(8-11)23-16(17(22)21-14-5-6-14)10-1-3-13(20)4-2-10/h1-4,7-9,14,16H,5-6H2,(H,21,22). The van der Waals surface area contributed by atoms with E-state index in [9.17, 15) is 9.18 Å². The van der Waals surface area contributed by atoms with Gasteiger partial charge >= 0.3 is 0 Å². The maximum absolute atomic E-state index is 13.1. The molecular formula is C17H14Cl2FNO2. The predicted octanol–water partition coefficient (Wildman–Crippen LogP) is 4.53. The highest BCUT2D eigenvalue weighted by Crippen LogP contribution is 2.29. The fourth-order valence-corrected chi connectivity index (χ4v) is 2.65. The number of halogens is 3. The smallest absolute Gasteiger partial charge is 0.266 e. The van der Waals surface area contributed by atoms with Gasteiger partial charge in [0, 0.05) is 21.7 Å². The van der Waals surface area contributed by atoms with E-state index in [2.05, 4.69) is 5.32 Å². The highest BCUT2D eigenvalue weighted by Gasteiger charge is 2.29. The summed E-state index contributed by atoms with van der Waals surface area (Å²) in [4.78, 5) is 12.5. The Morgan fingerprint density at radius 1 is 1.13 bits per heavy atom. The first-order valence-electron chi connectivity index (χ1n) is 7.20. The average molecular weight is 354 g/mol.